The van der Waals surface area contributed by atoms with Gasteiger partial charge in [-0.2, -0.15) is 0 Å². The Hall–Kier alpha value is -2.33. The molecule has 2 aromatic carbocycles. The van der Waals surface area contributed by atoms with Crippen LogP contribution in [0.25, 0.3) is 0 Å². The first kappa shape index (κ1) is 16.2. The molecule has 2 aliphatic rings. The summed E-state index contributed by atoms with van der Waals surface area (Å²) in [6.07, 6.45) is 5.33. The van der Waals surface area contributed by atoms with Gasteiger partial charge in [-0.05, 0) is 73.6 Å². The van der Waals surface area contributed by atoms with Crippen LogP contribution in [-0.2, 0) is 12.8 Å². The summed E-state index contributed by atoms with van der Waals surface area (Å²) in [7, 11) is 0. The number of carbonyl (C=O) groups excluding carboxylic acids is 2. The van der Waals surface area contributed by atoms with Crippen LogP contribution >= 0.6 is 11.6 Å². The molecule has 0 unspecified atom stereocenters. The van der Waals surface area contributed by atoms with Crippen molar-refractivity contribution >= 4 is 29.1 Å². The second-order valence-corrected chi connectivity index (χ2v) is 7.14. The van der Waals surface area contributed by atoms with Gasteiger partial charge in [-0.25, -0.2) is 0 Å². The minimum absolute atomic E-state index is 0.163. The molecule has 0 bridgehead atoms. The van der Waals surface area contributed by atoms with E-state index in [2.05, 4.69) is 10.6 Å². The SMILES string of the molecule is O=C(Nc1ccc(C(=O)NC2CC2)c(Cl)c1)c1ccc2c(c1)CCC2. The lowest BCUT2D eigenvalue weighted by Gasteiger charge is -2.10. The Kier molecular flexibility index (Phi) is 4.22. The van der Waals surface area contributed by atoms with Gasteiger partial charge < -0.3 is 10.6 Å². The van der Waals surface area contributed by atoms with E-state index in [1.54, 1.807) is 18.2 Å². The van der Waals surface area contributed by atoms with Crippen molar-refractivity contribution in [3.05, 3.63) is 63.7 Å². The van der Waals surface area contributed by atoms with Crippen molar-refractivity contribution in [2.24, 2.45) is 0 Å². The molecule has 1 saturated carbocycles. The number of amides is 2. The van der Waals surface area contributed by atoms with Crippen LogP contribution in [0.4, 0.5) is 5.69 Å². The van der Waals surface area contributed by atoms with E-state index >= 15 is 0 Å². The molecule has 2 amide bonds. The molecule has 4 nitrogen and oxygen atoms in total. The summed E-state index contributed by atoms with van der Waals surface area (Å²) in [5.41, 5.74) is 4.26. The number of fused-ring (bicyclic) bond motifs is 1. The molecular weight excluding hydrogens is 336 g/mol. The summed E-state index contributed by atoms with van der Waals surface area (Å²) < 4.78 is 0. The van der Waals surface area contributed by atoms with E-state index in [1.165, 1.54) is 11.1 Å². The van der Waals surface area contributed by atoms with Crippen LogP contribution in [0, 0.1) is 0 Å². The smallest absolute Gasteiger partial charge is 0.255 e. The molecule has 0 atom stereocenters. The minimum atomic E-state index is -0.166. The summed E-state index contributed by atoms with van der Waals surface area (Å²) in [4.78, 5) is 24.6. The molecule has 0 aromatic heterocycles. The van der Waals surface area contributed by atoms with Crippen LogP contribution < -0.4 is 10.6 Å². The highest BCUT2D eigenvalue weighted by Crippen LogP contribution is 2.26. The zero-order valence-corrected chi connectivity index (χ0v) is 14.5. The third-order valence-corrected chi connectivity index (χ3v) is 5.06. The Labute approximate surface area is 151 Å². The highest BCUT2D eigenvalue weighted by molar-refractivity contribution is 6.34. The molecule has 128 valence electrons. The number of anilines is 1. The van der Waals surface area contributed by atoms with Crippen LogP contribution in [0.3, 0.4) is 0 Å². The standard InChI is InChI=1S/C20H19ClN2O2/c21-18-11-16(8-9-17(18)20(25)22-15-6-7-15)23-19(24)14-5-4-12-2-1-3-13(12)10-14/h4-5,8-11,15H,1-3,6-7H2,(H,22,25)(H,23,24). The Balaban J connectivity index is 1.47. The van der Waals surface area contributed by atoms with Crippen LogP contribution in [-0.4, -0.2) is 17.9 Å². The fraction of sp³-hybridized carbons (Fsp3) is 0.300. The molecule has 0 saturated heterocycles. The normalized spacial score (nSPS) is 15.6. The molecule has 0 aliphatic heterocycles. The van der Waals surface area contributed by atoms with E-state index in [0.29, 0.717) is 21.8 Å². The van der Waals surface area contributed by atoms with Crippen molar-refractivity contribution in [1.82, 2.24) is 5.32 Å². The number of carbonyl (C=O) groups is 2. The molecule has 0 radical (unpaired) electrons. The average molecular weight is 355 g/mol. The zero-order chi connectivity index (χ0) is 17.4. The lowest BCUT2D eigenvalue weighted by atomic mass is 10.1. The van der Waals surface area contributed by atoms with E-state index in [-0.39, 0.29) is 17.9 Å². The van der Waals surface area contributed by atoms with Crippen LogP contribution in [0.2, 0.25) is 5.02 Å². The maximum absolute atomic E-state index is 12.5. The highest BCUT2D eigenvalue weighted by atomic mass is 35.5. The highest BCUT2D eigenvalue weighted by Gasteiger charge is 2.24. The van der Waals surface area contributed by atoms with E-state index < -0.39 is 0 Å². The largest absolute Gasteiger partial charge is 0.349 e. The Bertz CT molecular complexity index is 859. The molecule has 2 N–H and O–H groups in total. The molecule has 0 heterocycles. The molecule has 0 spiro atoms. The summed E-state index contributed by atoms with van der Waals surface area (Å²) in [6, 6.07) is 11.1. The van der Waals surface area contributed by atoms with Crippen molar-refractivity contribution in [3.8, 4) is 0 Å². The van der Waals surface area contributed by atoms with Crippen LogP contribution in [0.15, 0.2) is 36.4 Å². The van der Waals surface area contributed by atoms with Gasteiger partial charge in [-0.15, -0.1) is 0 Å². The summed E-state index contributed by atoms with van der Waals surface area (Å²) >= 11 is 6.22. The number of benzene rings is 2. The zero-order valence-electron chi connectivity index (χ0n) is 13.8. The van der Waals surface area contributed by atoms with Crippen molar-refractivity contribution in [3.63, 3.8) is 0 Å². The van der Waals surface area contributed by atoms with Gasteiger partial charge in [0, 0.05) is 17.3 Å². The average Bonchev–Trinajstić information content (AvgIpc) is 3.27. The second-order valence-electron chi connectivity index (χ2n) is 6.73. The number of aryl methyl sites for hydroxylation is 2. The first-order chi connectivity index (χ1) is 12.1. The Morgan fingerprint density at radius 2 is 1.76 bits per heavy atom. The van der Waals surface area contributed by atoms with Gasteiger partial charge in [0.15, 0.2) is 0 Å². The quantitative estimate of drug-likeness (QED) is 0.872. The monoisotopic (exact) mass is 354 g/mol. The predicted octanol–water partition coefficient (Wildman–Crippen LogP) is 3.97. The number of nitrogens with one attached hydrogen (secondary N) is 2. The molecular formula is C20H19ClN2O2. The van der Waals surface area contributed by atoms with E-state index in [9.17, 15) is 9.59 Å². The van der Waals surface area contributed by atoms with Gasteiger partial charge in [0.1, 0.15) is 0 Å². The number of rotatable bonds is 4. The van der Waals surface area contributed by atoms with E-state index in [4.69, 9.17) is 11.6 Å². The van der Waals surface area contributed by atoms with Gasteiger partial charge in [0.2, 0.25) is 0 Å². The molecule has 4 rings (SSSR count). The van der Waals surface area contributed by atoms with Gasteiger partial charge in [0.25, 0.3) is 11.8 Å². The lowest BCUT2D eigenvalue weighted by molar-refractivity contribution is 0.0950. The van der Waals surface area contributed by atoms with Crippen molar-refractivity contribution in [1.29, 1.82) is 0 Å². The van der Waals surface area contributed by atoms with Gasteiger partial charge >= 0.3 is 0 Å². The number of hydrogen-bond donors (Lipinski definition) is 2. The van der Waals surface area contributed by atoms with Crippen molar-refractivity contribution in [2.45, 2.75) is 38.1 Å². The van der Waals surface area contributed by atoms with Crippen molar-refractivity contribution in [2.75, 3.05) is 5.32 Å². The molecule has 5 heteroatoms. The first-order valence-corrected chi connectivity index (χ1v) is 9.01. The third-order valence-electron chi connectivity index (χ3n) is 4.74. The lowest BCUT2D eigenvalue weighted by Crippen LogP contribution is -2.25. The molecule has 25 heavy (non-hydrogen) atoms. The van der Waals surface area contributed by atoms with E-state index in [0.717, 1.165) is 32.1 Å². The van der Waals surface area contributed by atoms with Crippen LogP contribution in [0.1, 0.15) is 51.1 Å². The second kappa shape index (κ2) is 6.52. The number of hydrogen-bond acceptors (Lipinski definition) is 2. The van der Waals surface area contributed by atoms with Gasteiger partial charge in [-0.1, -0.05) is 17.7 Å². The Morgan fingerprint density at radius 3 is 2.52 bits per heavy atom. The maximum Gasteiger partial charge on any atom is 0.255 e. The topological polar surface area (TPSA) is 58.2 Å². The van der Waals surface area contributed by atoms with E-state index in [1.807, 2.05) is 18.2 Å². The molecule has 2 aliphatic carbocycles. The summed E-state index contributed by atoms with van der Waals surface area (Å²) in [5, 5.41) is 6.10. The number of halogens is 1. The fourth-order valence-electron chi connectivity index (χ4n) is 3.18. The third kappa shape index (κ3) is 3.54. The summed E-state index contributed by atoms with van der Waals surface area (Å²) in [6.45, 7) is 0. The molecule has 1 fully saturated rings. The first-order valence-electron chi connectivity index (χ1n) is 8.64. The molecule has 2 aromatic rings. The summed E-state index contributed by atoms with van der Waals surface area (Å²) in [5.74, 6) is -0.329. The van der Waals surface area contributed by atoms with Crippen LogP contribution in [0.5, 0.6) is 0 Å². The fourth-order valence-corrected chi connectivity index (χ4v) is 3.45. The Morgan fingerprint density at radius 1 is 0.960 bits per heavy atom. The predicted molar refractivity (Wildman–Crippen MR) is 98.4 cm³/mol. The maximum atomic E-state index is 12.5. The van der Waals surface area contributed by atoms with Gasteiger partial charge in [0.05, 0.1) is 10.6 Å². The minimum Gasteiger partial charge on any atom is -0.349 e. The van der Waals surface area contributed by atoms with Gasteiger partial charge in [-0.3, -0.25) is 9.59 Å². The van der Waals surface area contributed by atoms with Crippen molar-refractivity contribution < 1.29 is 9.59 Å².